The van der Waals surface area contributed by atoms with Crippen molar-refractivity contribution in [1.29, 1.82) is 0 Å². The summed E-state index contributed by atoms with van der Waals surface area (Å²) >= 11 is 0. The van der Waals surface area contributed by atoms with Crippen LogP contribution in [-0.4, -0.2) is 11.6 Å². The molecule has 2 heteroatoms. The number of hydrogen-bond donors (Lipinski definition) is 0. The van der Waals surface area contributed by atoms with Crippen molar-refractivity contribution in [3.05, 3.63) is 0 Å². The van der Waals surface area contributed by atoms with Crippen LogP contribution in [0.1, 0.15) is 65.2 Å². The van der Waals surface area contributed by atoms with Crippen molar-refractivity contribution < 1.29 is 9.59 Å². The van der Waals surface area contributed by atoms with E-state index in [1.807, 2.05) is 0 Å². The summed E-state index contributed by atoms with van der Waals surface area (Å²) in [5.74, 6) is 1.38. The van der Waals surface area contributed by atoms with E-state index in [0.29, 0.717) is 23.9 Å². The first-order valence-electron chi connectivity index (χ1n) is 7.56. The van der Waals surface area contributed by atoms with E-state index in [4.69, 9.17) is 0 Å². The van der Waals surface area contributed by atoms with E-state index in [9.17, 15) is 9.59 Å². The number of hydrogen-bond acceptors (Lipinski definition) is 2. The Hall–Kier alpha value is -0.660. The second-order valence-electron chi connectivity index (χ2n) is 7.10. The summed E-state index contributed by atoms with van der Waals surface area (Å²) in [6.45, 7) is 4.42. The zero-order valence-corrected chi connectivity index (χ0v) is 11.6. The average Bonchev–Trinajstić information content (AvgIpc) is 2.34. The Kier molecular flexibility index (Phi) is 2.69. The summed E-state index contributed by atoms with van der Waals surface area (Å²) in [6.07, 6.45) is 7.93. The highest BCUT2D eigenvalue weighted by atomic mass is 16.1. The van der Waals surface area contributed by atoms with Gasteiger partial charge < -0.3 is 0 Å². The Bertz CT molecular complexity index is 400. The average molecular weight is 248 g/mol. The minimum absolute atomic E-state index is 0.0528. The van der Waals surface area contributed by atoms with Gasteiger partial charge in [-0.25, -0.2) is 0 Å². The molecule has 0 aromatic rings. The van der Waals surface area contributed by atoms with Gasteiger partial charge in [0.05, 0.1) is 0 Å². The van der Waals surface area contributed by atoms with Crippen molar-refractivity contribution in [2.75, 3.05) is 0 Å². The van der Waals surface area contributed by atoms with E-state index in [0.717, 1.165) is 32.1 Å². The number of carbonyl (C=O) groups excluding carboxylic acids is 2. The van der Waals surface area contributed by atoms with Gasteiger partial charge in [0.25, 0.3) is 0 Å². The van der Waals surface area contributed by atoms with E-state index in [2.05, 4.69) is 13.8 Å². The summed E-state index contributed by atoms with van der Waals surface area (Å²) in [7, 11) is 0. The molecule has 100 valence electrons. The van der Waals surface area contributed by atoms with Crippen LogP contribution in [0.25, 0.3) is 0 Å². The van der Waals surface area contributed by atoms with Gasteiger partial charge in [-0.15, -0.1) is 0 Å². The molecule has 4 atom stereocenters. The topological polar surface area (TPSA) is 34.1 Å². The van der Waals surface area contributed by atoms with Gasteiger partial charge >= 0.3 is 0 Å². The Balaban J connectivity index is 2.08. The normalized spacial score (nSPS) is 48.6. The van der Waals surface area contributed by atoms with E-state index in [1.54, 1.807) is 0 Å². The molecule has 0 unspecified atom stereocenters. The first-order chi connectivity index (χ1) is 8.50. The third-order valence-corrected chi connectivity index (χ3v) is 6.58. The molecule has 0 aromatic carbocycles. The van der Waals surface area contributed by atoms with Crippen LogP contribution in [0.4, 0.5) is 0 Å². The lowest BCUT2D eigenvalue weighted by Gasteiger charge is -2.60. The number of ketones is 2. The van der Waals surface area contributed by atoms with Gasteiger partial charge in [-0.2, -0.15) is 0 Å². The highest BCUT2D eigenvalue weighted by molar-refractivity contribution is 5.92. The first-order valence-corrected chi connectivity index (χ1v) is 7.56. The maximum Gasteiger partial charge on any atom is 0.139 e. The highest BCUT2D eigenvalue weighted by Gasteiger charge is 2.63. The molecule has 3 rings (SSSR count). The van der Waals surface area contributed by atoms with E-state index < -0.39 is 0 Å². The van der Waals surface area contributed by atoms with Crippen LogP contribution < -0.4 is 0 Å². The molecule has 0 aliphatic heterocycles. The van der Waals surface area contributed by atoms with Gasteiger partial charge in [-0.3, -0.25) is 9.59 Å². The zero-order chi connectivity index (χ0) is 13.0. The quantitative estimate of drug-likeness (QED) is 0.657. The van der Waals surface area contributed by atoms with E-state index >= 15 is 0 Å². The second kappa shape index (κ2) is 3.91. The number of fused-ring (bicyclic) bond motifs is 3. The van der Waals surface area contributed by atoms with Crippen molar-refractivity contribution in [3.63, 3.8) is 0 Å². The molecule has 0 N–H and O–H groups in total. The molecule has 18 heavy (non-hydrogen) atoms. The lowest BCUT2D eigenvalue weighted by atomic mass is 9.42. The molecule has 0 amide bonds. The summed E-state index contributed by atoms with van der Waals surface area (Å²) < 4.78 is 0. The van der Waals surface area contributed by atoms with Crippen molar-refractivity contribution >= 4 is 11.6 Å². The Morgan fingerprint density at radius 3 is 2.61 bits per heavy atom. The van der Waals surface area contributed by atoms with Crippen LogP contribution in [0.5, 0.6) is 0 Å². The van der Waals surface area contributed by atoms with Gasteiger partial charge in [-0.05, 0) is 37.0 Å². The maximum atomic E-state index is 12.6. The van der Waals surface area contributed by atoms with Crippen LogP contribution in [0.15, 0.2) is 0 Å². The fraction of sp³-hybridized carbons (Fsp3) is 0.875. The van der Waals surface area contributed by atoms with Gasteiger partial charge in [0.2, 0.25) is 0 Å². The van der Waals surface area contributed by atoms with Crippen molar-refractivity contribution in [2.45, 2.75) is 65.2 Å². The predicted molar refractivity (Wildman–Crippen MR) is 70.1 cm³/mol. The summed E-state index contributed by atoms with van der Waals surface area (Å²) in [6, 6.07) is 0. The molecule has 2 nitrogen and oxygen atoms in total. The predicted octanol–water partition coefficient (Wildman–Crippen LogP) is 3.53. The minimum Gasteiger partial charge on any atom is -0.299 e. The van der Waals surface area contributed by atoms with Crippen LogP contribution in [0.2, 0.25) is 0 Å². The Morgan fingerprint density at radius 1 is 1.06 bits per heavy atom. The summed E-state index contributed by atoms with van der Waals surface area (Å²) in [5, 5.41) is 0. The number of Topliss-reactive ketones (excluding diaryl/α,β-unsaturated/α-hetero) is 2. The van der Waals surface area contributed by atoms with Crippen LogP contribution >= 0.6 is 0 Å². The summed E-state index contributed by atoms with van der Waals surface area (Å²) in [5.41, 5.74) is -0.271. The maximum absolute atomic E-state index is 12.6. The highest BCUT2D eigenvalue weighted by Crippen LogP contribution is 2.63. The molecule has 0 saturated heterocycles. The van der Waals surface area contributed by atoms with Gasteiger partial charge in [0, 0.05) is 24.2 Å². The monoisotopic (exact) mass is 248 g/mol. The fourth-order valence-electron chi connectivity index (χ4n) is 5.23. The molecule has 3 aliphatic carbocycles. The molecule has 0 heterocycles. The molecule has 3 fully saturated rings. The first kappa shape index (κ1) is 12.4. The molecule has 3 saturated carbocycles. The molecule has 3 aliphatic rings. The standard InChI is InChI=1S/C16H24O2/c1-15-9-4-3-7-12(15)13(17)10-11-6-5-8-14(18)16(11,15)2/h11-12H,3-10H2,1-2H3/t11-,12-,15-,16+/m1/s1. The van der Waals surface area contributed by atoms with Crippen LogP contribution in [-0.2, 0) is 9.59 Å². The minimum atomic E-state index is -0.218. The lowest BCUT2D eigenvalue weighted by molar-refractivity contribution is -0.170. The molecule has 0 radical (unpaired) electrons. The van der Waals surface area contributed by atoms with E-state index in [1.165, 1.54) is 12.8 Å². The van der Waals surface area contributed by atoms with Crippen molar-refractivity contribution in [1.82, 2.24) is 0 Å². The van der Waals surface area contributed by atoms with Gasteiger partial charge in [-0.1, -0.05) is 26.7 Å². The van der Waals surface area contributed by atoms with Crippen LogP contribution in [0.3, 0.4) is 0 Å². The third-order valence-electron chi connectivity index (χ3n) is 6.58. The SMILES string of the molecule is C[C@@]12CCCC[C@@H]1C(=O)C[C@H]1CCCC(=O)[C@]12C. The van der Waals surface area contributed by atoms with Crippen molar-refractivity contribution in [2.24, 2.45) is 22.7 Å². The molecule has 0 spiro atoms. The van der Waals surface area contributed by atoms with Crippen LogP contribution in [0, 0.1) is 22.7 Å². The number of rotatable bonds is 0. The zero-order valence-electron chi connectivity index (χ0n) is 11.6. The second-order valence-corrected chi connectivity index (χ2v) is 7.10. The summed E-state index contributed by atoms with van der Waals surface area (Å²) in [4.78, 5) is 25.0. The third kappa shape index (κ3) is 1.35. The molecular weight excluding hydrogens is 224 g/mol. The molecule has 0 bridgehead atoms. The smallest absolute Gasteiger partial charge is 0.139 e. The van der Waals surface area contributed by atoms with E-state index in [-0.39, 0.29) is 16.7 Å². The molecule has 0 aromatic heterocycles. The van der Waals surface area contributed by atoms with Gasteiger partial charge in [0.1, 0.15) is 11.6 Å². The number of carbonyl (C=O) groups is 2. The Morgan fingerprint density at radius 2 is 1.83 bits per heavy atom. The lowest BCUT2D eigenvalue weighted by Crippen LogP contribution is -2.60. The largest absolute Gasteiger partial charge is 0.299 e. The molecular formula is C16H24O2. The fourth-order valence-corrected chi connectivity index (χ4v) is 5.23. The van der Waals surface area contributed by atoms with Gasteiger partial charge in [0.15, 0.2) is 0 Å². The Labute approximate surface area is 110 Å². The van der Waals surface area contributed by atoms with Crippen molar-refractivity contribution in [3.8, 4) is 0 Å².